The molecule has 1 atom stereocenters. The summed E-state index contributed by atoms with van der Waals surface area (Å²) in [6.07, 6.45) is 7.94. The highest BCUT2D eigenvalue weighted by Crippen LogP contribution is 2.51. The second-order valence-corrected chi connectivity index (χ2v) is 8.45. The highest BCUT2D eigenvalue weighted by atomic mass is 16.1. The Bertz CT molecular complexity index is 1200. The van der Waals surface area contributed by atoms with Crippen LogP contribution < -0.4 is 11.5 Å². The molecule has 4 rings (SSSR count). The van der Waals surface area contributed by atoms with E-state index in [9.17, 15) is 9.59 Å². The van der Waals surface area contributed by atoms with Crippen LogP contribution in [0.3, 0.4) is 0 Å². The number of nitrogens with two attached hydrogens (primary N) is 2. The van der Waals surface area contributed by atoms with Gasteiger partial charge in [0.2, 0.25) is 5.91 Å². The maximum absolute atomic E-state index is 12.2. The van der Waals surface area contributed by atoms with Crippen LogP contribution in [0.5, 0.6) is 0 Å². The van der Waals surface area contributed by atoms with Gasteiger partial charge in [-0.2, -0.15) is 5.10 Å². The molecule has 3 heterocycles. The van der Waals surface area contributed by atoms with Gasteiger partial charge in [-0.3, -0.25) is 19.6 Å². The zero-order chi connectivity index (χ0) is 21.7. The largest absolute Gasteiger partial charge is 0.369 e. The van der Waals surface area contributed by atoms with Crippen LogP contribution in [0.25, 0.3) is 16.6 Å². The Hall–Kier alpha value is -3.55. The van der Waals surface area contributed by atoms with Gasteiger partial charge in [0.1, 0.15) is 5.69 Å². The first kappa shape index (κ1) is 19.8. The number of rotatable bonds is 4. The highest BCUT2D eigenvalue weighted by Gasteiger charge is 2.53. The highest BCUT2D eigenvalue weighted by molar-refractivity contribution is 6.06. The van der Waals surface area contributed by atoms with Crippen molar-refractivity contribution in [2.45, 2.75) is 33.6 Å². The first-order valence-corrected chi connectivity index (χ1v) is 9.75. The fraction of sp³-hybridized carbons (Fsp3) is 0.318. The molecule has 0 saturated heterocycles. The van der Waals surface area contributed by atoms with Crippen molar-refractivity contribution >= 4 is 28.7 Å². The van der Waals surface area contributed by atoms with Gasteiger partial charge in [0.15, 0.2) is 0 Å². The molecule has 1 aliphatic carbocycles. The third-order valence-electron chi connectivity index (χ3n) is 6.64. The molecule has 2 amide bonds. The van der Waals surface area contributed by atoms with E-state index < -0.39 is 16.7 Å². The SMILES string of the molecule is CC1(C)C(=Nc2c(C(N)=O)cnn3cc(-c4ccncc4)cc23)CCC1(C)C(N)=O. The van der Waals surface area contributed by atoms with Gasteiger partial charge >= 0.3 is 0 Å². The topological polar surface area (TPSA) is 129 Å². The predicted molar refractivity (Wildman–Crippen MR) is 114 cm³/mol. The second-order valence-electron chi connectivity index (χ2n) is 8.45. The van der Waals surface area contributed by atoms with Gasteiger partial charge in [-0.25, -0.2) is 4.52 Å². The maximum atomic E-state index is 12.2. The summed E-state index contributed by atoms with van der Waals surface area (Å²) in [5.41, 5.74) is 14.1. The van der Waals surface area contributed by atoms with Crippen LogP contribution in [-0.4, -0.2) is 32.1 Å². The normalized spacial score (nSPS) is 21.9. The molecule has 1 unspecified atom stereocenters. The summed E-state index contributed by atoms with van der Waals surface area (Å²) in [4.78, 5) is 33.2. The number of primary amides is 2. The Kier molecular flexibility index (Phi) is 4.45. The van der Waals surface area contributed by atoms with Gasteiger partial charge in [-0.05, 0) is 43.5 Å². The first-order chi connectivity index (χ1) is 14.1. The average Bonchev–Trinajstić information content (AvgIpc) is 3.24. The number of amides is 2. The number of pyridine rings is 1. The molecule has 8 nitrogen and oxygen atoms in total. The predicted octanol–water partition coefficient (Wildman–Crippen LogP) is 2.88. The van der Waals surface area contributed by atoms with Crippen molar-refractivity contribution in [2.75, 3.05) is 0 Å². The molecule has 3 aromatic rings. The summed E-state index contributed by atoms with van der Waals surface area (Å²) in [5.74, 6) is -0.958. The number of hydrogen-bond acceptors (Lipinski definition) is 5. The zero-order valence-corrected chi connectivity index (χ0v) is 17.2. The summed E-state index contributed by atoms with van der Waals surface area (Å²) >= 11 is 0. The fourth-order valence-corrected chi connectivity index (χ4v) is 4.12. The third kappa shape index (κ3) is 2.87. The molecule has 1 saturated carbocycles. The van der Waals surface area contributed by atoms with Crippen LogP contribution in [0.1, 0.15) is 44.0 Å². The summed E-state index contributed by atoms with van der Waals surface area (Å²) in [6.45, 7) is 5.80. The maximum Gasteiger partial charge on any atom is 0.252 e. The molecule has 0 aromatic carbocycles. The number of fused-ring (bicyclic) bond motifs is 1. The number of aromatic nitrogens is 3. The lowest BCUT2D eigenvalue weighted by atomic mass is 9.68. The van der Waals surface area contributed by atoms with Crippen molar-refractivity contribution in [3.8, 4) is 11.1 Å². The standard InChI is InChI=1S/C22H24N6O2/c1-21(2)17(4-7-22(21,3)20(24)30)27-18-15(19(23)29)11-26-28-12-14(10-16(18)28)13-5-8-25-9-6-13/h5-6,8-12H,4,7H2,1-3H3,(H2,23,29)(H2,24,30). The molecule has 1 aliphatic rings. The smallest absolute Gasteiger partial charge is 0.252 e. The lowest BCUT2D eigenvalue weighted by Crippen LogP contribution is -2.44. The Morgan fingerprint density at radius 2 is 1.83 bits per heavy atom. The minimum Gasteiger partial charge on any atom is -0.369 e. The van der Waals surface area contributed by atoms with Gasteiger partial charge in [-0.1, -0.05) is 13.8 Å². The van der Waals surface area contributed by atoms with Crippen molar-refractivity contribution in [2.24, 2.45) is 27.3 Å². The monoisotopic (exact) mass is 404 g/mol. The third-order valence-corrected chi connectivity index (χ3v) is 6.64. The van der Waals surface area contributed by atoms with Crippen LogP contribution in [0.4, 0.5) is 5.69 Å². The van der Waals surface area contributed by atoms with Crippen molar-refractivity contribution in [1.82, 2.24) is 14.6 Å². The molecule has 154 valence electrons. The van der Waals surface area contributed by atoms with E-state index in [4.69, 9.17) is 16.5 Å². The van der Waals surface area contributed by atoms with E-state index in [0.29, 0.717) is 24.0 Å². The number of carbonyl (C=O) groups is 2. The van der Waals surface area contributed by atoms with E-state index in [0.717, 1.165) is 16.8 Å². The first-order valence-electron chi connectivity index (χ1n) is 9.75. The van der Waals surface area contributed by atoms with E-state index in [-0.39, 0.29) is 11.5 Å². The molecule has 0 radical (unpaired) electrons. The van der Waals surface area contributed by atoms with Crippen molar-refractivity contribution in [1.29, 1.82) is 0 Å². The number of hydrogen-bond donors (Lipinski definition) is 2. The van der Waals surface area contributed by atoms with E-state index >= 15 is 0 Å². The second kappa shape index (κ2) is 6.76. The minimum atomic E-state index is -0.716. The number of carbonyl (C=O) groups excluding carboxylic acids is 2. The molecular weight excluding hydrogens is 380 g/mol. The Morgan fingerprint density at radius 1 is 1.13 bits per heavy atom. The molecule has 0 spiro atoms. The Morgan fingerprint density at radius 3 is 2.43 bits per heavy atom. The molecular formula is C22H24N6O2. The van der Waals surface area contributed by atoms with Crippen LogP contribution >= 0.6 is 0 Å². The zero-order valence-electron chi connectivity index (χ0n) is 17.2. The molecule has 0 bridgehead atoms. The van der Waals surface area contributed by atoms with Gasteiger partial charge < -0.3 is 11.5 Å². The van der Waals surface area contributed by atoms with E-state index in [1.807, 2.05) is 45.2 Å². The lowest BCUT2D eigenvalue weighted by molar-refractivity contribution is -0.130. The lowest BCUT2D eigenvalue weighted by Gasteiger charge is -2.35. The van der Waals surface area contributed by atoms with Crippen molar-refractivity contribution in [3.63, 3.8) is 0 Å². The Labute approximate surface area is 174 Å². The molecule has 8 heteroatoms. The molecule has 4 N–H and O–H groups in total. The fourth-order valence-electron chi connectivity index (χ4n) is 4.12. The van der Waals surface area contributed by atoms with Crippen molar-refractivity contribution < 1.29 is 9.59 Å². The summed E-state index contributed by atoms with van der Waals surface area (Å²) in [7, 11) is 0. The Balaban J connectivity index is 1.92. The minimum absolute atomic E-state index is 0.234. The number of aliphatic imine (C=N–C) groups is 1. The molecule has 3 aromatic heterocycles. The van der Waals surface area contributed by atoms with Crippen LogP contribution in [0.2, 0.25) is 0 Å². The van der Waals surface area contributed by atoms with E-state index in [2.05, 4.69) is 10.1 Å². The quantitative estimate of drug-likeness (QED) is 0.692. The summed E-state index contributed by atoms with van der Waals surface area (Å²) < 4.78 is 1.68. The van der Waals surface area contributed by atoms with Gasteiger partial charge in [-0.15, -0.1) is 0 Å². The van der Waals surface area contributed by atoms with Crippen LogP contribution in [0.15, 0.2) is 48.0 Å². The van der Waals surface area contributed by atoms with Crippen molar-refractivity contribution in [3.05, 3.63) is 48.5 Å². The van der Waals surface area contributed by atoms with Crippen LogP contribution in [-0.2, 0) is 4.79 Å². The summed E-state index contributed by atoms with van der Waals surface area (Å²) in [6, 6.07) is 5.71. The molecule has 0 aliphatic heterocycles. The molecule has 30 heavy (non-hydrogen) atoms. The van der Waals surface area contributed by atoms with Crippen LogP contribution in [0, 0.1) is 10.8 Å². The average molecular weight is 404 g/mol. The van der Waals surface area contributed by atoms with Gasteiger partial charge in [0.25, 0.3) is 5.91 Å². The summed E-state index contributed by atoms with van der Waals surface area (Å²) in [5, 5.41) is 4.33. The number of nitrogens with zero attached hydrogens (tertiary/aromatic N) is 4. The molecule has 1 fully saturated rings. The van der Waals surface area contributed by atoms with Gasteiger partial charge in [0.05, 0.1) is 22.7 Å². The van der Waals surface area contributed by atoms with E-state index in [1.54, 1.807) is 16.9 Å². The van der Waals surface area contributed by atoms with E-state index in [1.165, 1.54) is 6.20 Å². The van der Waals surface area contributed by atoms with Gasteiger partial charge in [0, 0.05) is 35.3 Å².